The zero-order valence-electron chi connectivity index (χ0n) is 27.8. The van der Waals surface area contributed by atoms with Crippen LogP contribution in [0.5, 0.6) is 5.75 Å². The lowest BCUT2D eigenvalue weighted by Gasteiger charge is -2.37. The van der Waals surface area contributed by atoms with E-state index in [1.807, 2.05) is 41.5 Å². The SMILES string of the molecule is CCCCC1(CCCC)CN(c2ccccc2)c2cc(SC)c(OCC(=O)NC(C(=O)NCS(=O)(=O)O)c3ccccc3)cc2S(=O)(=O)N1. The third-order valence-corrected chi connectivity index (χ3v) is 11.1. The van der Waals surface area contributed by atoms with Crippen molar-refractivity contribution in [3.05, 3.63) is 78.4 Å². The molecule has 15 heteroatoms. The molecule has 49 heavy (non-hydrogen) atoms. The van der Waals surface area contributed by atoms with Crippen molar-refractivity contribution in [3.8, 4) is 5.75 Å². The van der Waals surface area contributed by atoms with Crippen LogP contribution in [0.15, 0.2) is 82.6 Å². The lowest BCUT2D eigenvalue weighted by molar-refractivity contribution is -0.130. The fourth-order valence-corrected chi connectivity index (χ4v) is 8.33. The van der Waals surface area contributed by atoms with E-state index < -0.39 is 56.0 Å². The van der Waals surface area contributed by atoms with E-state index in [1.54, 1.807) is 36.4 Å². The maximum absolute atomic E-state index is 14.2. The average molecular weight is 733 g/mol. The van der Waals surface area contributed by atoms with Gasteiger partial charge in [0.25, 0.3) is 16.0 Å². The first-order valence-corrected chi connectivity index (χ1v) is 20.4. The van der Waals surface area contributed by atoms with Crippen LogP contribution in [0.1, 0.15) is 64.0 Å². The summed E-state index contributed by atoms with van der Waals surface area (Å²) in [5.74, 6) is -2.45. The monoisotopic (exact) mass is 732 g/mol. The van der Waals surface area contributed by atoms with Gasteiger partial charge in [-0.25, -0.2) is 13.1 Å². The Bertz CT molecular complexity index is 1800. The molecule has 0 fully saturated rings. The molecule has 1 atom stereocenters. The van der Waals surface area contributed by atoms with Crippen molar-refractivity contribution in [2.24, 2.45) is 0 Å². The second kappa shape index (κ2) is 16.9. The van der Waals surface area contributed by atoms with E-state index in [0.29, 0.717) is 35.5 Å². The molecule has 0 saturated carbocycles. The summed E-state index contributed by atoms with van der Waals surface area (Å²) in [7, 11) is -8.57. The summed E-state index contributed by atoms with van der Waals surface area (Å²) in [5.41, 5.74) is 0.989. The van der Waals surface area contributed by atoms with Crippen molar-refractivity contribution in [2.75, 3.05) is 30.2 Å². The van der Waals surface area contributed by atoms with E-state index in [0.717, 1.165) is 31.4 Å². The Morgan fingerprint density at radius 1 is 1.02 bits per heavy atom. The van der Waals surface area contributed by atoms with Gasteiger partial charge in [-0.05, 0) is 42.9 Å². The molecule has 266 valence electrons. The van der Waals surface area contributed by atoms with Crippen molar-refractivity contribution in [1.29, 1.82) is 0 Å². The number of hydrogen-bond donors (Lipinski definition) is 4. The topological polar surface area (TPSA) is 171 Å². The summed E-state index contributed by atoms with van der Waals surface area (Å²) in [6.45, 7) is 4.02. The van der Waals surface area contributed by atoms with E-state index in [-0.39, 0.29) is 10.6 Å². The summed E-state index contributed by atoms with van der Waals surface area (Å²) in [4.78, 5) is 28.7. The summed E-state index contributed by atoms with van der Waals surface area (Å²) < 4.78 is 69.0. The predicted molar refractivity (Wildman–Crippen MR) is 191 cm³/mol. The number of rotatable bonds is 16. The molecule has 0 aliphatic carbocycles. The minimum Gasteiger partial charge on any atom is -0.483 e. The number of nitrogens with one attached hydrogen (secondary N) is 3. The second-order valence-corrected chi connectivity index (χ2v) is 15.9. The normalized spacial score (nSPS) is 15.8. The quantitative estimate of drug-likeness (QED) is 0.114. The minimum absolute atomic E-state index is 0.0196. The number of fused-ring (bicyclic) bond motifs is 1. The van der Waals surface area contributed by atoms with Gasteiger partial charge in [0.15, 0.2) is 6.61 Å². The Kier molecular flexibility index (Phi) is 13.1. The molecule has 1 aliphatic rings. The largest absolute Gasteiger partial charge is 0.483 e. The molecular formula is C34H44N4O8S3. The van der Waals surface area contributed by atoms with Gasteiger partial charge >= 0.3 is 0 Å². The van der Waals surface area contributed by atoms with Gasteiger partial charge in [0.05, 0.1) is 16.1 Å². The summed E-state index contributed by atoms with van der Waals surface area (Å²) in [5, 5.41) is 4.65. The Balaban J connectivity index is 1.68. The Morgan fingerprint density at radius 3 is 2.20 bits per heavy atom. The first-order chi connectivity index (χ1) is 23.3. The minimum atomic E-state index is -4.51. The first-order valence-electron chi connectivity index (χ1n) is 16.1. The molecule has 12 nitrogen and oxygen atoms in total. The van der Waals surface area contributed by atoms with Crippen LogP contribution in [0.25, 0.3) is 0 Å². The van der Waals surface area contributed by atoms with Gasteiger partial charge in [-0.1, -0.05) is 88.1 Å². The number of amides is 2. The molecule has 0 aromatic heterocycles. The Hall–Kier alpha value is -3.63. The van der Waals surface area contributed by atoms with Crippen LogP contribution in [0.3, 0.4) is 0 Å². The van der Waals surface area contributed by atoms with E-state index >= 15 is 0 Å². The third-order valence-electron chi connectivity index (χ3n) is 8.21. The fraction of sp³-hybridized carbons (Fsp3) is 0.412. The first kappa shape index (κ1) is 38.2. The number of unbranched alkanes of at least 4 members (excludes halogenated alkanes) is 2. The molecule has 2 amide bonds. The van der Waals surface area contributed by atoms with Crippen molar-refractivity contribution >= 4 is 55.1 Å². The summed E-state index contributed by atoms with van der Waals surface area (Å²) >= 11 is 1.33. The van der Waals surface area contributed by atoms with Crippen LogP contribution >= 0.6 is 11.8 Å². The Labute approximate surface area is 293 Å². The predicted octanol–water partition coefficient (Wildman–Crippen LogP) is 5.16. The number of carbonyl (C=O) groups excluding carboxylic acids is 2. The van der Waals surface area contributed by atoms with Crippen LogP contribution in [-0.2, 0) is 29.7 Å². The van der Waals surface area contributed by atoms with E-state index in [1.165, 1.54) is 17.8 Å². The van der Waals surface area contributed by atoms with Gasteiger partial charge in [-0.3, -0.25) is 14.1 Å². The molecule has 3 aromatic carbocycles. The van der Waals surface area contributed by atoms with E-state index in [9.17, 15) is 26.4 Å². The lowest BCUT2D eigenvalue weighted by atomic mass is 9.87. The highest BCUT2D eigenvalue weighted by molar-refractivity contribution is 7.98. The number of benzene rings is 3. The van der Waals surface area contributed by atoms with Gasteiger partial charge in [-0.15, -0.1) is 11.8 Å². The molecule has 1 aliphatic heterocycles. The van der Waals surface area contributed by atoms with Crippen molar-refractivity contribution < 1.29 is 35.7 Å². The Morgan fingerprint density at radius 2 is 1.63 bits per heavy atom. The molecule has 3 aromatic rings. The summed E-state index contributed by atoms with van der Waals surface area (Å²) in [6, 6.07) is 19.7. The number of thioether (sulfide) groups is 1. The van der Waals surface area contributed by atoms with Crippen LogP contribution in [0.2, 0.25) is 0 Å². The van der Waals surface area contributed by atoms with E-state index in [4.69, 9.17) is 9.29 Å². The van der Waals surface area contributed by atoms with Crippen molar-refractivity contribution in [3.63, 3.8) is 0 Å². The molecule has 0 saturated heterocycles. The standard InChI is InChI=1S/C34H44N4O8S3/c1-4-6-18-34(19-7-5-2)23-38(26-16-12-9-13-17-26)27-20-29(47-3)28(21-30(27)49(44,45)37-34)46-22-31(39)36-32(25-14-10-8-11-15-25)33(40)35-24-48(41,42)43/h8-17,20-21,32,37H,4-7,18-19,22-24H2,1-3H3,(H,35,40)(H,36,39)(H,41,42,43). The van der Waals surface area contributed by atoms with Gasteiger partial charge in [0.2, 0.25) is 15.9 Å². The maximum Gasteiger partial charge on any atom is 0.283 e. The fourth-order valence-electron chi connectivity index (χ4n) is 5.80. The second-order valence-electron chi connectivity index (χ2n) is 12.0. The summed E-state index contributed by atoms with van der Waals surface area (Å²) in [6.07, 6.45) is 6.68. The highest BCUT2D eigenvalue weighted by atomic mass is 32.2. The zero-order chi connectivity index (χ0) is 35.7. The molecule has 0 bridgehead atoms. The van der Waals surface area contributed by atoms with Crippen LogP contribution in [0, 0.1) is 0 Å². The average Bonchev–Trinajstić information content (AvgIpc) is 3.18. The number of carbonyl (C=O) groups is 2. The van der Waals surface area contributed by atoms with Crippen LogP contribution in [0.4, 0.5) is 11.4 Å². The molecular weight excluding hydrogens is 689 g/mol. The molecule has 1 unspecified atom stereocenters. The van der Waals surface area contributed by atoms with Gasteiger partial charge < -0.3 is 20.3 Å². The third kappa shape index (κ3) is 10.2. The highest BCUT2D eigenvalue weighted by Gasteiger charge is 2.42. The van der Waals surface area contributed by atoms with Gasteiger partial charge in [0.1, 0.15) is 22.6 Å². The zero-order valence-corrected chi connectivity index (χ0v) is 30.3. The molecule has 0 radical (unpaired) electrons. The molecule has 4 rings (SSSR count). The maximum atomic E-state index is 14.2. The van der Waals surface area contributed by atoms with Gasteiger partial charge in [-0.2, -0.15) is 8.42 Å². The molecule has 4 N–H and O–H groups in total. The van der Waals surface area contributed by atoms with E-state index in [2.05, 4.69) is 29.2 Å². The number of nitrogens with zero attached hydrogens (tertiary/aromatic N) is 1. The number of para-hydroxylation sites is 1. The number of sulfonamides is 1. The highest BCUT2D eigenvalue weighted by Crippen LogP contribution is 2.44. The van der Waals surface area contributed by atoms with Crippen molar-refractivity contribution in [1.82, 2.24) is 15.4 Å². The molecule has 0 spiro atoms. The smallest absolute Gasteiger partial charge is 0.283 e. The number of ether oxygens (including phenoxy) is 1. The van der Waals surface area contributed by atoms with Crippen molar-refractivity contribution in [2.45, 2.75) is 73.7 Å². The van der Waals surface area contributed by atoms with Crippen LogP contribution in [-0.4, -0.2) is 64.0 Å². The number of hydrogen-bond acceptors (Lipinski definition) is 9. The molecule has 1 heterocycles. The number of anilines is 2. The lowest BCUT2D eigenvalue weighted by Crippen LogP contribution is -2.53. The van der Waals surface area contributed by atoms with Gasteiger partial charge in [0, 0.05) is 18.3 Å². The van der Waals surface area contributed by atoms with Crippen LogP contribution < -0.4 is 25.0 Å².